The zero-order valence-corrected chi connectivity index (χ0v) is 28.9. The number of aromatic nitrogens is 8. The van der Waals surface area contributed by atoms with Crippen LogP contribution in [0.15, 0.2) is 104 Å². The van der Waals surface area contributed by atoms with Crippen molar-refractivity contribution >= 4 is 69.4 Å². The molecule has 9 nitrogen and oxygen atoms in total. The smallest absolute Gasteiger partial charge is 0.312 e. The lowest BCUT2D eigenvalue weighted by molar-refractivity contribution is 0.216. The second-order valence-electron chi connectivity index (χ2n) is 10.5. The standard InChI is InChI=1S/C18H15P.C8H8ClFN4.C5H2ClFN4.C3H8O/c1-4-10-16(11-5-1)19(17-12-6-2-7-13-17)18-14-8-3-9-15-18;1-4(2)14-3-11-5-6(9)12-8(10)13-7(5)14;6-3-2-4(9-1-8-2)11-5(7)10-3;1-3(2)4/h1-15H;3-4H,1-2H3;1H,(H,8,9,10,11);3-4H,1-2H3. The summed E-state index contributed by atoms with van der Waals surface area (Å²) in [6.07, 6.45) is 1.10. The molecule has 2 N–H and O–H groups in total. The van der Waals surface area contributed by atoms with Crippen LogP contribution in [0.25, 0.3) is 22.3 Å². The number of aromatic amines is 1. The topological polar surface area (TPSA) is 118 Å². The molecule has 48 heavy (non-hydrogen) atoms. The number of imidazole rings is 2. The van der Waals surface area contributed by atoms with E-state index in [2.05, 4.69) is 126 Å². The van der Waals surface area contributed by atoms with Crippen LogP contribution in [0.2, 0.25) is 10.3 Å². The maximum Gasteiger partial charge on any atom is 0.312 e. The molecule has 0 saturated carbocycles. The third-order valence-electron chi connectivity index (χ3n) is 6.17. The van der Waals surface area contributed by atoms with Crippen molar-refractivity contribution in [1.29, 1.82) is 0 Å². The number of nitrogens with zero attached hydrogens (tertiary/aromatic N) is 7. The minimum Gasteiger partial charge on any atom is -0.394 e. The molecule has 4 aromatic heterocycles. The number of H-pyrrole nitrogens is 1. The third kappa shape index (κ3) is 10.0. The van der Waals surface area contributed by atoms with Crippen LogP contribution < -0.4 is 15.9 Å². The number of fused-ring (bicyclic) bond motifs is 2. The van der Waals surface area contributed by atoms with Crippen LogP contribution in [-0.2, 0) is 0 Å². The molecule has 0 aliphatic carbocycles. The Hall–Kier alpha value is -4.41. The molecule has 0 aliphatic rings. The van der Waals surface area contributed by atoms with Gasteiger partial charge in [-0.1, -0.05) is 114 Å². The summed E-state index contributed by atoms with van der Waals surface area (Å²) in [5.41, 5.74) is 1.55. The van der Waals surface area contributed by atoms with Crippen LogP contribution in [0, 0.1) is 12.2 Å². The predicted molar refractivity (Wildman–Crippen MR) is 190 cm³/mol. The van der Waals surface area contributed by atoms with E-state index in [9.17, 15) is 8.78 Å². The summed E-state index contributed by atoms with van der Waals surface area (Å²) in [7, 11) is -0.446. The monoisotopic (exact) mass is 708 g/mol. The summed E-state index contributed by atoms with van der Waals surface area (Å²) in [6, 6.07) is 32.5. The Bertz CT molecular complexity index is 1920. The Labute approximate surface area is 287 Å². The molecule has 7 aromatic rings. The number of aliphatic hydroxyl groups excluding tert-OH is 1. The molecule has 0 aliphatic heterocycles. The second kappa shape index (κ2) is 17.7. The highest BCUT2D eigenvalue weighted by atomic mass is 35.5. The maximum atomic E-state index is 12.9. The lowest BCUT2D eigenvalue weighted by Gasteiger charge is -2.18. The molecule has 7 rings (SSSR count). The average Bonchev–Trinajstić information content (AvgIpc) is 3.71. The van der Waals surface area contributed by atoms with E-state index in [-0.39, 0.29) is 28.1 Å². The molecule has 0 fully saturated rings. The van der Waals surface area contributed by atoms with Gasteiger partial charge in [-0.2, -0.15) is 28.7 Å². The first-order chi connectivity index (χ1) is 23.0. The lowest BCUT2D eigenvalue weighted by Crippen LogP contribution is -2.20. The molecule has 0 atom stereocenters. The number of halogens is 4. The van der Waals surface area contributed by atoms with Crippen LogP contribution in [-0.4, -0.2) is 50.7 Å². The Balaban J connectivity index is 0.000000159. The van der Waals surface area contributed by atoms with E-state index >= 15 is 0 Å². The summed E-state index contributed by atoms with van der Waals surface area (Å²) >= 11 is 11.3. The molecule has 0 unspecified atom stereocenters. The van der Waals surface area contributed by atoms with Gasteiger partial charge in [0.25, 0.3) is 0 Å². The van der Waals surface area contributed by atoms with Gasteiger partial charge >= 0.3 is 12.2 Å². The first-order valence-electron chi connectivity index (χ1n) is 14.8. The van der Waals surface area contributed by atoms with Crippen molar-refractivity contribution in [3.8, 4) is 0 Å². The lowest BCUT2D eigenvalue weighted by atomic mass is 10.4. The highest BCUT2D eigenvalue weighted by molar-refractivity contribution is 7.79. The quantitative estimate of drug-likeness (QED) is 0.113. The number of hydrogen-bond donors (Lipinski definition) is 2. The fourth-order valence-corrected chi connectivity index (χ4v) is 6.90. The van der Waals surface area contributed by atoms with Gasteiger partial charge in [-0.25, -0.2) is 9.97 Å². The highest BCUT2D eigenvalue weighted by Gasteiger charge is 2.15. The van der Waals surface area contributed by atoms with E-state index in [4.69, 9.17) is 28.3 Å². The van der Waals surface area contributed by atoms with Crippen molar-refractivity contribution in [2.45, 2.75) is 39.8 Å². The Morgan fingerprint density at radius 2 is 1.15 bits per heavy atom. The van der Waals surface area contributed by atoms with E-state index in [1.54, 1.807) is 24.7 Å². The molecular weight excluding hydrogens is 676 g/mol. The molecule has 3 aromatic carbocycles. The molecule has 0 bridgehead atoms. The maximum absolute atomic E-state index is 12.9. The van der Waals surface area contributed by atoms with Gasteiger partial charge in [0.15, 0.2) is 21.6 Å². The van der Waals surface area contributed by atoms with Crippen LogP contribution in [0.1, 0.15) is 33.7 Å². The molecular formula is C34H33Cl2F2N8OP. The van der Waals surface area contributed by atoms with E-state index in [0.717, 1.165) is 0 Å². The zero-order chi connectivity index (χ0) is 34.6. The number of nitrogens with one attached hydrogen (secondary N) is 1. The van der Waals surface area contributed by atoms with Gasteiger partial charge in [0.1, 0.15) is 11.0 Å². The number of benzene rings is 3. The fraction of sp³-hybridized carbons (Fsp3) is 0.176. The summed E-state index contributed by atoms with van der Waals surface area (Å²) in [6.45, 7) is 7.35. The third-order valence-corrected chi connectivity index (χ3v) is 9.15. The summed E-state index contributed by atoms with van der Waals surface area (Å²) in [5, 5.41) is 12.3. The molecule has 0 saturated heterocycles. The van der Waals surface area contributed by atoms with Gasteiger partial charge in [-0.3, -0.25) is 0 Å². The van der Waals surface area contributed by atoms with Crippen molar-refractivity contribution in [2.24, 2.45) is 0 Å². The van der Waals surface area contributed by atoms with Gasteiger partial charge in [-0.15, -0.1) is 0 Å². The summed E-state index contributed by atoms with van der Waals surface area (Å²) in [5.74, 6) is 0. The Morgan fingerprint density at radius 3 is 1.62 bits per heavy atom. The van der Waals surface area contributed by atoms with Gasteiger partial charge in [-0.05, 0) is 51.5 Å². The summed E-state index contributed by atoms with van der Waals surface area (Å²) in [4.78, 5) is 24.1. The zero-order valence-electron chi connectivity index (χ0n) is 26.5. The second-order valence-corrected chi connectivity index (χ2v) is 13.5. The largest absolute Gasteiger partial charge is 0.394 e. The average molecular weight is 710 g/mol. The van der Waals surface area contributed by atoms with E-state index in [1.165, 1.54) is 22.2 Å². The highest BCUT2D eigenvalue weighted by Crippen LogP contribution is 2.32. The van der Waals surface area contributed by atoms with Crippen molar-refractivity contribution in [3.63, 3.8) is 0 Å². The molecule has 4 heterocycles. The van der Waals surface area contributed by atoms with Gasteiger partial charge in [0.2, 0.25) is 0 Å². The number of aliphatic hydroxyl groups is 1. The van der Waals surface area contributed by atoms with Gasteiger partial charge < -0.3 is 14.7 Å². The minimum atomic E-state index is -0.866. The van der Waals surface area contributed by atoms with E-state index in [0.29, 0.717) is 16.7 Å². The first kappa shape index (κ1) is 36.4. The molecule has 0 spiro atoms. The molecule has 248 valence electrons. The van der Waals surface area contributed by atoms with Crippen LogP contribution >= 0.6 is 31.1 Å². The summed E-state index contributed by atoms with van der Waals surface area (Å²) < 4.78 is 27.0. The van der Waals surface area contributed by atoms with E-state index < -0.39 is 20.1 Å². The van der Waals surface area contributed by atoms with Crippen molar-refractivity contribution < 1.29 is 13.9 Å². The first-order valence-corrected chi connectivity index (χ1v) is 16.9. The molecule has 0 amide bonds. The number of hydrogen-bond acceptors (Lipinski definition) is 7. The fourth-order valence-electron chi connectivity index (χ4n) is 4.19. The van der Waals surface area contributed by atoms with Crippen molar-refractivity contribution in [1.82, 2.24) is 39.5 Å². The predicted octanol–water partition coefficient (Wildman–Crippen LogP) is 7.18. The number of rotatable bonds is 4. The molecule has 14 heteroatoms. The van der Waals surface area contributed by atoms with Crippen LogP contribution in [0.5, 0.6) is 0 Å². The van der Waals surface area contributed by atoms with Gasteiger partial charge in [0, 0.05) is 12.1 Å². The van der Waals surface area contributed by atoms with E-state index in [1.807, 2.05) is 13.8 Å². The van der Waals surface area contributed by atoms with Gasteiger partial charge in [0.05, 0.1) is 12.7 Å². The van der Waals surface area contributed by atoms with Crippen LogP contribution in [0.3, 0.4) is 0 Å². The van der Waals surface area contributed by atoms with Crippen LogP contribution in [0.4, 0.5) is 8.78 Å². The Kier molecular flexibility index (Phi) is 13.4. The Morgan fingerprint density at radius 1 is 0.688 bits per heavy atom. The SMILES string of the molecule is CC(C)O.CC(C)n1cnc2c(Cl)nc(F)nc21.Fc1nc(Cl)c2[nH]cnc2n1.c1ccc(P(c2ccccc2)c2ccccc2)cc1. The minimum absolute atomic E-state index is 0.0463. The van der Waals surface area contributed by atoms with Crippen molar-refractivity contribution in [3.05, 3.63) is 126 Å². The van der Waals surface area contributed by atoms with Crippen molar-refractivity contribution in [2.75, 3.05) is 0 Å². The molecule has 0 radical (unpaired) electrons. The normalized spacial score (nSPS) is 10.8.